The van der Waals surface area contributed by atoms with Crippen LogP contribution in [0.5, 0.6) is 0 Å². The van der Waals surface area contributed by atoms with Gasteiger partial charge in [-0.15, -0.1) is 0 Å². The Morgan fingerprint density at radius 2 is 1.94 bits per heavy atom. The summed E-state index contributed by atoms with van der Waals surface area (Å²) in [5.41, 5.74) is -0.570. The molecule has 0 spiro atoms. The van der Waals surface area contributed by atoms with Crippen molar-refractivity contribution in [2.75, 3.05) is 20.1 Å². The summed E-state index contributed by atoms with van der Waals surface area (Å²) in [6, 6.07) is 0. The number of sulfonamides is 1. The number of carbonyl (C=O) groups is 1. The van der Waals surface area contributed by atoms with Gasteiger partial charge in [-0.3, -0.25) is 4.31 Å². The third kappa shape index (κ3) is 3.16. The highest BCUT2D eigenvalue weighted by Gasteiger charge is 2.42. The van der Waals surface area contributed by atoms with Crippen LogP contribution in [0.15, 0.2) is 12.8 Å². The maximum absolute atomic E-state index is 11.9. The summed E-state index contributed by atoms with van der Waals surface area (Å²) in [7, 11) is -1.97. The van der Waals surface area contributed by atoms with Gasteiger partial charge in [0.25, 0.3) is 0 Å². The zero-order valence-corrected chi connectivity index (χ0v) is 12.0. The highest BCUT2D eigenvalue weighted by atomic mass is 32.2. The van der Waals surface area contributed by atoms with E-state index in [-0.39, 0.29) is 13.1 Å². The molecule has 0 radical (unpaired) electrons. The molecule has 0 atom stereocenters. The van der Waals surface area contributed by atoms with E-state index in [9.17, 15) is 13.2 Å². The number of rotatable bonds is 3. The van der Waals surface area contributed by atoms with Gasteiger partial charge in [0, 0.05) is 26.3 Å². The first-order chi connectivity index (χ1) is 8.08. The van der Waals surface area contributed by atoms with E-state index < -0.39 is 27.0 Å². The third-order valence-corrected chi connectivity index (χ3v) is 4.67. The Labute approximate surface area is 108 Å². The number of amides is 1. The van der Waals surface area contributed by atoms with Crippen molar-refractivity contribution >= 4 is 16.1 Å². The van der Waals surface area contributed by atoms with Crippen LogP contribution in [0.3, 0.4) is 0 Å². The van der Waals surface area contributed by atoms with Crippen molar-refractivity contribution in [2.45, 2.75) is 31.6 Å². The van der Waals surface area contributed by atoms with E-state index in [1.54, 1.807) is 20.8 Å². The molecule has 18 heavy (non-hydrogen) atoms. The van der Waals surface area contributed by atoms with E-state index in [1.807, 2.05) is 0 Å². The Hall–Kier alpha value is -1.24. The van der Waals surface area contributed by atoms with E-state index in [0.717, 1.165) is 4.31 Å². The molecule has 7 heteroatoms. The van der Waals surface area contributed by atoms with Crippen LogP contribution in [0.2, 0.25) is 0 Å². The van der Waals surface area contributed by atoms with Crippen molar-refractivity contribution in [2.24, 2.45) is 0 Å². The fraction of sp³-hybridized carbons (Fsp3) is 0.727. The Morgan fingerprint density at radius 3 is 2.33 bits per heavy atom. The molecule has 0 aliphatic carbocycles. The summed E-state index contributed by atoms with van der Waals surface area (Å²) in [6.45, 7) is 9.04. The highest BCUT2D eigenvalue weighted by molar-refractivity contribution is 7.89. The van der Waals surface area contributed by atoms with Gasteiger partial charge >= 0.3 is 6.09 Å². The van der Waals surface area contributed by atoms with Crippen molar-refractivity contribution in [1.29, 1.82) is 0 Å². The van der Waals surface area contributed by atoms with E-state index in [2.05, 4.69) is 6.58 Å². The standard InChI is InChI=1S/C11H20N2O4S/c1-6-12(5)18(15,16)9-7-13(8-9)10(14)17-11(2,3)4/h6,9H,1,7-8H2,2-5H3. The van der Waals surface area contributed by atoms with Gasteiger partial charge in [-0.1, -0.05) is 6.58 Å². The highest BCUT2D eigenvalue weighted by Crippen LogP contribution is 2.21. The molecule has 0 aromatic carbocycles. The molecule has 1 fully saturated rings. The monoisotopic (exact) mass is 276 g/mol. The Bertz CT molecular complexity index is 432. The van der Waals surface area contributed by atoms with Crippen molar-refractivity contribution in [3.05, 3.63) is 12.8 Å². The van der Waals surface area contributed by atoms with Crippen LogP contribution in [0, 0.1) is 0 Å². The van der Waals surface area contributed by atoms with Gasteiger partial charge in [-0.05, 0) is 20.8 Å². The average Bonchev–Trinajstić information content (AvgIpc) is 2.10. The number of hydrogen-bond donors (Lipinski definition) is 0. The lowest BCUT2D eigenvalue weighted by molar-refractivity contribution is 0.0137. The van der Waals surface area contributed by atoms with Crippen LogP contribution in [0.1, 0.15) is 20.8 Å². The van der Waals surface area contributed by atoms with Crippen LogP contribution in [0.25, 0.3) is 0 Å². The smallest absolute Gasteiger partial charge is 0.410 e. The van der Waals surface area contributed by atoms with Gasteiger partial charge in [0.05, 0.1) is 0 Å². The molecule has 0 unspecified atom stereocenters. The molecule has 104 valence electrons. The molecule has 1 heterocycles. The molecular formula is C11H20N2O4S. The van der Waals surface area contributed by atoms with Crippen molar-refractivity contribution in [1.82, 2.24) is 9.21 Å². The predicted molar refractivity (Wildman–Crippen MR) is 68.5 cm³/mol. The zero-order chi connectivity index (χ0) is 14.1. The summed E-state index contributed by atoms with van der Waals surface area (Å²) in [6.07, 6.45) is 0.765. The first-order valence-electron chi connectivity index (χ1n) is 5.65. The molecule has 1 aliphatic rings. The SMILES string of the molecule is C=CN(C)S(=O)(=O)C1CN(C(=O)OC(C)(C)C)C1. The van der Waals surface area contributed by atoms with Crippen LogP contribution in [-0.4, -0.2) is 54.7 Å². The van der Waals surface area contributed by atoms with Crippen LogP contribution in [-0.2, 0) is 14.8 Å². The molecule has 1 aliphatic heterocycles. The fourth-order valence-electron chi connectivity index (χ4n) is 1.44. The molecule has 0 bridgehead atoms. The van der Waals surface area contributed by atoms with Gasteiger partial charge in [0.1, 0.15) is 10.9 Å². The van der Waals surface area contributed by atoms with Gasteiger partial charge in [-0.25, -0.2) is 13.2 Å². The number of hydrogen-bond acceptors (Lipinski definition) is 4. The first-order valence-corrected chi connectivity index (χ1v) is 7.15. The normalized spacial score (nSPS) is 17.0. The van der Waals surface area contributed by atoms with Crippen molar-refractivity contribution in [3.63, 3.8) is 0 Å². The molecule has 6 nitrogen and oxygen atoms in total. The van der Waals surface area contributed by atoms with E-state index in [0.29, 0.717) is 0 Å². The lowest BCUT2D eigenvalue weighted by Gasteiger charge is -2.40. The summed E-state index contributed by atoms with van der Waals surface area (Å²) < 4.78 is 30.0. The minimum absolute atomic E-state index is 0.162. The molecule has 0 aromatic heterocycles. The average molecular weight is 276 g/mol. The van der Waals surface area contributed by atoms with Crippen LogP contribution < -0.4 is 0 Å². The molecular weight excluding hydrogens is 256 g/mol. The first kappa shape index (κ1) is 14.8. The molecule has 1 rings (SSSR count). The molecule has 0 N–H and O–H groups in total. The van der Waals surface area contributed by atoms with Gasteiger partial charge in [0.15, 0.2) is 0 Å². The van der Waals surface area contributed by atoms with Crippen LogP contribution in [0.4, 0.5) is 4.79 Å². The largest absolute Gasteiger partial charge is 0.444 e. The van der Waals surface area contributed by atoms with E-state index in [4.69, 9.17) is 4.74 Å². The minimum Gasteiger partial charge on any atom is -0.444 e. The molecule has 0 aromatic rings. The second kappa shape index (κ2) is 4.79. The molecule has 0 saturated carbocycles. The topological polar surface area (TPSA) is 66.9 Å². The fourth-order valence-corrected chi connectivity index (χ4v) is 2.86. The summed E-state index contributed by atoms with van der Waals surface area (Å²) in [5, 5.41) is -0.576. The maximum atomic E-state index is 11.9. The second-order valence-corrected chi connectivity index (χ2v) is 7.52. The van der Waals surface area contributed by atoms with Gasteiger partial charge < -0.3 is 9.64 Å². The Morgan fingerprint density at radius 1 is 1.44 bits per heavy atom. The quantitative estimate of drug-likeness (QED) is 0.771. The van der Waals surface area contributed by atoms with Gasteiger partial charge in [-0.2, -0.15) is 0 Å². The Kier molecular flexibility index (Phi) is 3.95. The lowest BCUT2D eigenvalue weighted by Crippen LogP contribution is -2.59. The van der Waals surface area contributed by atoms with Gasteiger partial charge in [0.2, 0.25) is 10.0 Å². The molecule has 1 saturated heterocycles. The number of carbonyl (C=O) groups excluding carboxylic acids is 1. The summed E-state index contributed by atoms with van der Waals surface area (Å²) >= 11 is 0. The summed E-state index contributed by atoms with van der Waals surface area (Å²) in [5.74, 6) is 0. The number of likely N-dealkylation sites (tertiary alicyclic amines) is 1. The van der Waals surface area contributed by atoms with Crippen LogP contribution >= 0.6 is 0 Å². The molecule has 1 amide bonds. The second-order valence-electron chi connectivity index (χ2n) is 5.25. The summed E-state index contributed by atoms with van der Waals surface area (Å²) in [4.78, 5) is 13.0. The number of nitrogens with zero attached hydrogens (tertiary/aromatic N) is 2. The third-order valence-electron chi connectivity index (χ3n) is 2.58. The Balaban J connectivity index is 2.55. The lowest BCUT2D eigenvalue weighted by atomic mass is 10.2. The predicted octanol–water partition coefficient (Wildman–Crippen LogP) is 1.01. The minimum atomic E-state index is -3.40. The maximum Gasteiger partial charge on any atom is 0.410 e. The van der Waals surface area contributed by atoms with E-state index in [1.165, 1.54) is 18.1 Å². The van der Waals surface area contributed by atoms with Crippen molar-refractivity contribution in [3.8, 4) is 0 Å². The number of ether oxygens (including phenoxy) is 1. The zero-order valence-electron chi connectivity index (χ0n) is 11.2. The van der Waals surface area contributed by atoms with E-state index >= 15 is 0 Å². The van der Waals surface area contributed by atoms with Crippen molar-refractivity contribution < 1.29 is 17.9 Å².